The van der Waals surface area contributed by atoms with Crippen molar-refractivity contribution in [1.82, 2.24) is 9.97 Å². The number of Topliss-reactive ketones (excluding diaryl/α,β-unsaturated/α-hetero) is 1. The first-order chi connectivity index (χ1) is 8.88. The second kappa shape index (κ2) is 8.26. The molecule has 1 heterocycles. The van der Waals surface area contributed by atoms with Crippen molar-refractivity contribution in [3.63, 3.8) is 0 Å². The largest absolute Gasteiger partial charge is 0.385 e. The maximum absolute atomic E-state index is 11.6. The standard InChI is InChI=1S/C15H15N3O.W.Y/c1-8-5-9(2)7-12(6-8)15-17-13(11(4)19)10(3)14(16)18-15;;/h6H,1-4H3,(H2,16,17,18);;/q-2;;. The first kappa shape index (κ1) is 20.6. The number of hydrogen-bond acceptors (Lipinski definition) is 4. The zero-order valence-electron chi connectivity index (χ0n) is 12.4. The number of hydrogen-bond donors (Lipinski definition) is 1. The molecule has 0 spiro atoms. The van der Waals surface area contributed by atoms with Crippen molar-refractivity contribution >= 4 is 11.6 Å². The molecule has 1 aromatic heterocycles. The monoisotopic (exact) mass is 526 g/mol. The Hall–Kier alpha value is -0.438. The number of carbonyl (C=O) groups excluding carboxylic acids is 1. The number of benzene rings is 1. The summed E-state index contributed by atoms with van der Waals surface area (Å²) in [5.74, 6) is 0.629. The van der Waals surface area contributed by atoms with E-state index in [1.807, 2.05) is 19.9 Å². The Balaban J connectivity index is 0.00000200. The normalized spacial score (nSPS) is 9.52. The quantitative estimate of drug-likeness (QED) is 0.483. The van der Waals surface area contributed by atoms with Gasteiger partial charge < -0.3 is 15.7 Å². The van der Waals surface area contributed by atoms with E-state index in [4.69, 9.17) is 5.73 Å². The van der Waals surface area contributed by atoms with Crippen LogP contribution < -0.4 is 5.73 Å². The van der Waals surface area contributed by atoms with Gasteiger partial charge in [-0.05, 0) is 12.7 Å². The van der Waals surface area contributed by atoms with Crippen molar-refractivity contribution in [2.45, 2.75) is 27.7 Å². The van der Waals surface area contributed by atoms with E-state index in [1.54, 1.807) is 6.92 Å². The van der Waals surface area contributed by atoms with Gasteiger partial charge in [0.25, 0.3) is 0 Å². The van der Waals surface area contributed by atoms with E-state index in [9.17, 15) is 4.79 Å². The molecule has 2 rings (SSSR count). The van der Waals surface area contributed by atoms with Crippen LogP contribution >= 0.6 is 0 Å². The Morgan fingerprint density at radius 1 is 1.19 bits per heavy atom. The molecule has 0 saturated heterocycles. The van der Waals surface area contributed by atoms with Gasteiger partial charge in [0.05, 0.1) is 5.69 Å². The summed E-state index contributed by atoms with van der Waals surface area (Å²) in [6, 6.07) is 8.14. The van der Waals surface area contributed by atoms with Gasteiger partial charge in [0.15, 0.2) is 5.78 Å². The van der Waals surface area contributed by atoms with Crippen molar-refractivity contribution in [2.24, 2.45) is 0 Å². The van der Waals surface area contributed by atoms with Crippen LogP contribution in [0.2, 0.25) is 0 Å². The zero-order chi connectivity index (χ0) is 14.2. The number of nitrogens with zero attached hydrogens (tertiary/aromatic N) is 2. The summed E-state index contributed by atoms with van der Waals surface area (Å²) in [6.07, 6.45) is 0. The van der Waals surface area contributed by atoms with Crippen molar-refractivity contribution in [3.8, 4) is 11.4 Å². The Labute approximate surface area is 164 Å². The predicted octanol–water partition coefficient (Wildman–Crippen LogP) is 2.45. The molecule has 107 valence electrons. The fraction of sp³-hybridized carbons (Fsp3) is 0.267. The minimum absolute atomic E-state index is 0. The summed E-state index contributed by atoms with van der Waals surface area (Å²) in [5, 5.41) is 0. The van der Waals surface area contributed by atoms with Gasteiger partial charge in [-0.25, -0.2) is 22.8 Å². The molecule has 0 amide bonds. The second-order valence-corrected chi connectivity index (χ2v) is 4.58. The molecule has 0 unspecified atom stereocenters. The fourth-order valence-corrected chi connectivity index (χ4v) is 1.94. The molecule has 0 aliphatic heterocycles. The van der Waals surface area contributed by atoms with Crippen molar-refractivity contribution in [1.29, 1.82) is 0 Å². The summed E-state index contributed by atoms with van der Waals surface area (Å²) >= 11 is 0. The number of carbonyl (C=O) groups is 1. The molecule has 0 saturated carbocycles. The molecule has 0 aliphatic carbocycles. The number of ketones is 1. The van der Waals surface area contributed by atoms with Gasteiger partial charge in [-0.3, -0.25) is 16.9 Å². The SMILES string of the molecule is CC(=O)c1nc(-c2[c-]c(C)[c-]c(C)c2)nc(N)c1C.[W].[Y]. The number of aryl methyl sites for hydroxylation is 2. The van der Waals surface area contributed by atoms with Gasteiger partial charge in [-0.2, -0.15) is 0 Å². The molecule has 21 heavy (non-hydrogen) atoms. The Morgan fingerprint density at radius 2 is 1.81 bits per heavy atom. The Bertz CT molecular complexity index is 654. The third-order valence-corrected chi connectivity index (χ3v) is 2.83. The summed E-state index contributed by atoms with van der Waals surface area (Å²) in [5.41, 5.74) is 9.40. The van der Waals surface area contributed by atoms with Gasteiger partial charge in [0.1, 0.15) is 5.82 Å². The predicted molar refractivity (Wildman–Crippen MR) is 73.8 cm³/mol. The smallest absolute Gasteiger partial charge is 0.176 e. The van der Waals surface area contributed by atoms with Crippen LogP contribution in [0.1, 0.15) is 34.1 Å². The van der Waals surface area contributed by atoms with Crippen LogP contribution in [0.3, 0.4) is 0 Å². The van der Waals surface area contributed by atoms with Crippen molar-refractivity contribution < 1.29 is 58.6 Å². The van der Waals surface area contributed by atoms with Crippen LogP contribution in [0.5, 0.6) is 0 Å². The van der Waals surface area contributed by atoms with E-state index >= 15 is 0 Å². The van der Waals surface area contributed by atoms with E-state index < -0.39 is 0 Å². The molecule has 1 radical (unpaired) electrons. The fourth-order valence-electron chi connectivity index (χ4n) is 1.94. The van der Waals surface area contributed by atoms with E-state index in [0.717, 1.165) is 16.7 Å². The van der Waals surface area contributed by atoms with Crippen molar-refractivity contribution in [2.75, 3.05) is 5.73 Å². The summed E-state index contributed by atoms with van der Waals surface area (Å²) in [6.45, 7) is 7.06. The van der Waals surface area contributed by atoms with Crippen LogP contribution in [-0.2, 0) is 53.8 Å². The third-order valence-electron chi connectivity index (χ3n) is 2.83. The molecule has 0 aliphatic rings. The average molecular weight is 526 g/mol. The van der Waals surface area contributed by atoms with Crippen LogP contribution in [0, 0.1) is 32.9 Å². The maximum atomic E-state index is 11.6. The van der Waals surface area contributed by atoms with E-state index in [-0.39, 0.29) is 59.6 Å². The minimum Gasteiger partial charge on any atom is -0.385 e. The van der Waals surface area contributed by atoms with E-state index in [2.05, 4.69) is 22.1 Å². The minimum atomic E-state index is -0.121. The zero-order valence-corrected chi connectivity index (χ0v) is 18.2. The van der Waals surface area contributed by atoms with Gasteiger partial charge in [0, 0.05) is 66.3 Å². The van der Waals surface area contributed by atoms with E-state index in [0.29, 0.717) is 22.9 Å². The molecule has 0 bridgehead atoms. The van der Waals surface area contributed by atoms with E-state index in [1.165, 1.54) is 6.92 Å². The first-order valence-electron chi connectivity index (χ1n) is 5.96. The molecule has 2 aromatic rings. The molecule has 0 atom stereocenters. The van der Waals surface area contributed by atoms with Crippen LogP contribution in [0.15, 0.2) is 6.07 Å². The van der Waals surface area contributed by atoms with Crippen LogP contribution in [-0.4, -0.2) is 15.8 Å². The summed E-state index contributed by atoms with van der Waals surface area (Å²) in [4.78, 5) is 20.1. The maximum Gasteiger partial charge on any atom is 0.176 e. The second-order valence-electron chi connectivity index (χ2n) is 4.58. The average Bonchev–Trinajstić information content (AvgIpc) is 2.30. The third kappa shape index (κ3) is 4.77. The molecular formula is C15H15N3OWY-2. The van der Waals surface area contributed by atoms with Crippen molar-refractivity contribution in [3.05, 3.63) is 40.6 Å². The molecule has 6 heteroatoms. The van der Waals surface area contributed by atoms with Gasteiger partial charge >= 0.3 is 0 Å². The topological polar surface area (TPSA) is 68.9 Å². The summed E-state index contributed by atoms with van der Waals surface area (Å²) in [7, 11) is 0. The number of anilines is 1. The Morgan fingerprint density at radius 3 is 2.33 bits per heavy atom. The summed E-state index contributed by atoms with van der Waals surface area (Å²) < 4.78 is 0. The van der Waals surface area contributed by atoms with Gasteiger partial charge in [0.2, 0.25) is 0 Å². The molecular weight excluding hydrogens is 511 g/mol. The Kier molecular flexibility index (Phi) is 8.09. The van der Waals surface area contributed by atoms with Crippen LogP contribution in [0.25, 0.3) is 11.4 Å². The molecule has 4 nitrogen and oxygen atoms in total. The van der Waals surface area contributed by atoms with Gasteiger partial charge in [-0.1, -0.05) is 13.8 Å². The first-order valence-corrected chi connectivity index (χ1v) is 5.96. The van der Waals surface area contributed by atoms with Gasteiger partial charge in [-0.15, -0.1) is 0 Å². The number of nitrogens with two attached hydrogens (primary N) is 1. The number of nitrogen functional groups attached to an aromatic ring is 1. The van der Waals surface area contributed by atoms with Crippen LogP contribution in [0.4, 0.5) is 5.82 Å². The molecule has 0 fully saturated rings. The molecule has 2 N–H and O–H groups in total. The number of rotatable bonds is 2. The molecule has 1 aromatic carbocycles. The number of aromatic nitrogens is 2.